The average molecular weight is 367 g/mol. The molecule has 132 valence electrons. The van der Waals surface area contributed by atoms with Crippen LogP contribution in [0.15, 0.2) is 72.0 Å². The quantitative estimate of drug-likeness (QED) is 0.677. The lowest BCUT2D eigenvalue weighted by Gasteiger charge is -2.08. The molecule has 3 rings (SSSR count). The van der Waals surface area contributed by atoms with E-state index < -0.39 is 10.0 Å². The maximum atomic E-state index is 12.4. The molecule has 1 N–H and O–H groups in total. The molecule has 0 spiro atoms. The molecule has 6 nitrogen and oxygen atoms in total. The smallest absolute Gasteiger partial charge is 0.240 e. The Bertz CT molecular complexity index is 1000. The van der Waals surface area contributed by atoms with E-state index >= 15 is 0 Å². The van der Waals surface area contributed by atoms with E-state index in [1.807, 2.05) is 24.3 Å². The Hall–Kier alpha value is -2.90. The Morgan fingerprint density at radius 3 is 2.38 bits per heavy atom. The van der Waals surface area contributed by atoms with E-state index in [1.54, 1.807) is 18.6 Å². The van der Waals surface area contributed by atoms with Gasteiger partial charge in [-0.05, 0) is 42.8 Å². The summed E-state index contributed by atoms with van der Waals surface area (Å²) in [6.07, 6.45) is 5.04. The largest absolute Gasteiger partial charge is 0.295 e. The van der Waals surface area contributed by atoms with Gasteiger partial charge in [0.2, 0.25) is 10.0 Å². The van der Waals surface area contributed by atoms with Crippen LogP contribution in [-0.2, 0) is 16.6 Å². The summed E-state index contributed by atoms with van der Waals surface area (Å²) in [6.45, 7) is 1.56. The van der Waals surface area contributed by atoms with Crippen molar-refractivity contribution in [1.29, 1.82) is 0 Å². The summed E-state index contributed by atoms with van der Waals surface area (Å²) in [5.74, 6) is -0.110. The van der Waals surface area contributed by atoms with Crippen molar-refractivity contribution in [3.8, 4) is 11.3 Å². The third-order valence-electron chi connectivity index (χ3n) is 3.82. The van der Waals surface area contributed by atoms with Crippen molar-refractivity contribution in [2.24, 2.45) is 0 Å². The number of hydrogen-bond donors (Lipinski definition) is 1. The molecular weight excluding hydrogens is 350 g/mol. The molecule has 0 saturated heterocycles. The average Bonchev–Trinajstić information content (AvgIpc) is 2.67. The zero-order valence-electron chi connectivity index (χ0n) is 14.1. The first-order valence-electron chi connectivity index (χ1n) is 7.92. The van der Waals surface area contributed by atoms with Gasteiger partial charge in [-0.3, -0.25) is 14.8 Å². The van der Waals surface area contributed by atoms with Crippen LogP contribution in [0.3, 0.4) is 0 Å². The van der Waals surface area contributed by atoms with Gasteiger partial charge in [-0.2, -0.15) is 0 Å². The first-order chi connectivity index (χ1) is 12.5. The van der Waals surface area contributed by atoms with Crippen molar-refractivity contribution in [1.82, 2.24) is 14.7 Å². The first kappa shape index (κ1) is 17.9. The number of Topliss-reactive ketones (excluding diaryl/α,β-unsaturated/α-hetero) is 1. The highest BCUT2D eigenvalue weighted by molar-refractivity contribution is 7.89. The van der Waals surface area contributed by atoms with Gasteiger partial charge >= 0.3 is 0 Å². The molecule has 0 radical (unpaired) electrons. The monoisotopic (exact) mass is 367 g/mol. The Balaban J connectivity index is 1.68. The minimum atomic E-state index is -3.66. The molecule has 0 aliphatic carbocycles. The number of rotatable bonds is 6. The summed E-state index contributed by atoms with van der Waals surface area (Å²) >= 11 is 0. The number of benzene rings is 1. The number of carbonyl (C=O) groups excluding carboxylic acids is 1. The van der Waals surface area contributed by atoms with Gasteiger partial charge in [0.15, 0.2) is 5.78 Å². The van der Waals surface area contributed by atoms with Crippen molar-refractivity contribution < 1.29 is 13.2 Å². The van der Waals surface area contributed by atoms with Crippen molar-refractivity contribution in [2.45, 2.75) is 18.4 Å². The second kappa shape index (κ2) is 7.55. The number of aromatic nitrogens is 2. The Morgan fingerprint density at radius 1 is 1.04 bits per heavy atom. The highest BCUT2D eigenvalue weighted by atomic mass is 32.2. The van der Waals surface area contributed by atoms with Crippen LogP contribution in [0.25, 0.3) is 11.3 Å². The molecule has 0 fully saturated rings. The summed E-state index contributed by atoms with van der Waals surface area (Å²) in [6, 6.07) is 13.2. The molecule has 0 atom stereocenters. The van der Waals surface area contributed by atoms with Crippen molar-refractivity contribution in [3.05, 3.63) is 78.2 Å². The van der Waals surface area contributed by atoms with Gasteiger partial charge in [0.25, 0.3) is 0 Å². The summed E-state index contributed by atoms with van der Waals surface area (Å²) in [5.41, 5.74) is 2.87. The summed E-state index contributed by atoms with van der Waals surface area (Å²) in [7, 11) is -3.66. The molecule has 7 heteroatoms. The fraction of sp³-hybridized carbons (Fsp3) is 0.105. The van der Waals surface area contributed by atoms with Gasteiger partial charge in [-0.25, -0.2) is 13.1 Å². The lowest BCUT2D eigenvalue weighted by Crippen LogP contribution is -2.23. The molecule has 0 aliphatic rings. The predicted molar refractivity (Wildman–Crippen MR) is 97.9 cm³/mol. The fourth-order valence-corrected chi connectivity index (χ4v) is 3.36. The number of ketones is 1. The molecule has 26 heavy (non-hydrogen) atoms. The van der Waals surface area contributed by atoms with E-state index in [0.717, 1.165) is 16.8 Å². The van der Waals surface area contributed by atoms with E-state index in [-0.39, 0.29) is 17.2 Å². The van der Waals surface area contributed by atoms with Crippen LogP contribution in [0, 0.1) is 0 Å². The van der Waals surface area contributed by atoms with E-state index in [9.17, 15) is 13.2 Å². The van der Waals surface area contributed by atoms with Gasteiger partial charge < -0.3 is 0 Å². The zero-order chi connectivity index (χ0) is 18.6. The third-order valence-corrected chi connectivity index (χ3v) is 5.24. The van der Waals surface area contributed by atoms with Gasteiger partial charge in [-0.1, -0.05) is 18.2 Å². The maximum Gasteiger partial charge on any atom is 0.240 e. The van der Waals surface area contributed by atoms with E-state index in [1.165, 1.54) is 31.2 Å². The fourth-order valence-electron chi connectivity index (χ4n) is 2.34. The Kier molecular flexibility index (Phi) is 5.20. The molecule has 2 aromatic heterocycles. The van der Waals surface area contributed by atoms with Crippen LogP contribution >= 0.6 is 0 Å². The number of hydrogen-bond acceptors (Lipinski definition) is 5. The number of carbonyl (C=O) groups is 1. The zero-order valence-corrected chi connectivity index (χ0v) is 14.9. The standard InChI is InChI=1S/C19H17N3O3S/c1-14(23)16-5-7-18(8-6-16)26(24,25)22-12-15-4-9-19(21-11-15)17-3-2-10-20-13-17/h2-11,13,22H,12H2,1H3. The van der Waals surface area contributed by atoms with Crippen LogP contribution < -0.4 is 4.72 Å². The minimum Gasteiger partial charge on any atom is -0.295 e. The van der Waals surface area contributed by atoms with Gasteiger partial charge in [-0.15, -0.1) is 0 Å². The summed E-state index contributed by atoms with van der Waals surface area (Å²) in [5, 5.41) is 0. The molecule has 0 amide bonds. The van der Waals surface area contributed by atoms with Crippen molar-refractivity contribution in [2.75, 3.05) is 0 Å². The topological polar surface area (TPSA) is 89.0 Å². The Morgan fingerprint density at radius 2 is 1.81 bits per heavy atom. The molecule has 0 bridgehead atoms. The Labute approximate surface area is 152 Å². The van der Waals surface area contributed by atoms with Gasteiger partial charge in [0.1, 0.15) is 0 Å². The van der Waals surface area contributed by atoms with Gasteiger partial charge in [0, 0.05) is 36.3 Å². The number of pyridine rings is 2. The second-order valence-corrected chi connectivity index (χ2v) is 7.47. The van der Waals surface area contributed by atoms with Crippen LogP contribution in [0.5, 0.6) is 0 Å². The van der Waals surface area contributed by atoms with E-state index in [4.69, 9.17) is 0 Å². The maximum absolute atomic E-state index is 12.4. The van der Waals surface area contributed by atoms with Crippen molar-refractivity contribution in [3.63, 3.8) is 0 Å². The van der Waals surface area contributed by atoms with E-state index in [0.29, 0.717) is 5.56 Å². The SMILES string of the molecule is CC(=O)c1ccc(S(=O)(=O)NCc2ccc(-c3cccnc3)nc2)cc1. The van der Waals surface area contributed by atoms with Crippen LogP contribution in [0.4, 0.5) is 0 Å². The number of nitrogens with zero attached hydrogens (tertiary/aromatic N) is 2. The first-order valence-corrected chi connectivity index (χ1v) is 9.40. The molecule has 3 aromatic rings. The number of nitrogens with one attached hydrogen (secondary N) is 1. The lowest BCUT2D eigenvalue weighted by molar-refractivity contribution is 0.101. The second-order valence-electron chi connectivity index (χ2n) is 5.70. The molecule has 2 heterocycles. The molecule has 0 saturated carbocycles. The summed E-state index contributed by atoms with van der Waals surface area (Å²) < 4.78 is 27.2. The minimum absolute atomic E-state index is 0.110. The molecule has 1 aromatic carbocycles. The molecule has 0 unspecified atom stereocenters. The summed E-state index contributed by atoms with van der Waals surface area (Å²) in [4.78, 5) is 19.8. The highest BCUT2D eigenvalue weighted by Crippen LogP contribution is 2.16. The van der Waals surface area contributed by atoms with Crippen LogP contribution in [-0.4, -0.2) is 24.2 Å². The molecular formula is C19H17N3O3S. The van der Waals surface area contributed by atoms with Crippen LogP contribution in [0.1, 0.15) is 22.8 Å². The van der Waals surface area contributed by atoms with Crippen molar-refractivity contribution >= 4 is 15.8 Å². The van der Waals surface area contributed by atoms with E-state index in [2.05, 4.69) is 14.7 Å². The molecule has 0 aliphatic heterocycles. The van der Waals surface area contributed by atoms with Crippen LogP contribution in [0.2, 0.25) is 0 Å². The normalized spacial score (nSPS) is 11.3. The lowest BCUT2D eigenvalue weighted by atomic mass is 10.1. The predicted octanol–water partition coefficient (Wildman–Crippen LogP) is 2.82. The highest BCUT2D eigenvalue weighted by Gasteiger charge is 2.14. The third kappa shape index (κ3) is 4.19. The van der Waals surface area contributed by atoms with Gasteiger partial charge in [0.05, 0.1) is 10.6 Å². The number of sulfonamides is 1.